The molecule has 0 fully saturated rings. The molecule has 0 aliphatic heterocycles. The van der Waals surface area contributed by atoms with Gasteiger partial charge in [-0.05, 0) is 17.9 Å². The number of hydrazine groups is 1. The molecule has 1 heterocycles. The van der Waals surface area contributed by atoms with Gasteiger partial charge in [0.25, 0.3) is 0 Å². The van der Waals surface area contributed by atoms with E-state index in [1.807, 2.05) is 11.4 Å². The van der Waals surface area contributed by atoms with Crippen LogP contribution in [0, 0.1) is 0 Å². The van der Waals surface area contributed by atoms with Crippen LogP contribution in [0.2, 0.25) is 5.02 Å². The molecule has 1 rings (SSSR count). The van der Waals surface area contributed by atoms with Gasteiger partial charge in [-0.25, -0.2) is 0 Å². The molecular formula is C17H31ClN2S. The smallest absolute Gasteiger partial charge is 0.0568 e. The highest BCUT2D eigenvalue weighted by atomic mass is 35.5. The predicted molar refractivity (Wildman–Crippen MR) is 95.9 cm³/mol. The van der Waals surface area contributed by atoms with E-state index < -0.39 is 0 Å². The fraction of sp³-hybridized carbons (Fsp3) is 0.765. The Balaban J connectivity index is 1.99. The van der Waals surface area contributed by atoms with Gasteiger partial charge in [-0.1, -0.05) is 82.7 Å². The summed E-state index contributed by atoms with van der Waals surface area (Å²) >= 11 is 7.85. The first-order valence-electron chi connectivity index (χ1n) is 8.48. The number of thiophene rings is 1. The van der Waals surface area contributed by atoms with Crippen molar-refractivity contribution in [3.8, 4) is 0 Å². The van der Waals surface area contributed by atoms with Crippen LogP contribution in [0.4, 0.5) is 0 Å². The van der Waals surface area contributed by atoms with E-state index in [0.29, 0.717) is 0 Å². The molecule has 0 saturated carbocycles. The summed E-state index contributed by atoms with van der Waals surface area (Å²) in [6.07, 6.45) is 14.7. The van der Waals surface area contributed by atoms with Crippen LogP contribution in [-0.4, -0.2) is 0 Å². The number of nitrogens with two attached hydrogens (primary N) is 1. The molecule has 0 spiro atoms. The van der Waals surface area contributed by atoms with Crippen LogP contribution in [0.25, 0.3) is 0 Å². The molecule has 1 unspecified atom stereocenters. The van der Waals surface area contributed by atoms with Crippen molar-refractivity contribution in [2.75, 3.05) is 0 Å². The number of halogens is 1. The Hall–Kier alpha value is -0.0900. The van der Waals surface area contributed by atoms with E-state index in [-0.39, 0.29) is 6.04 Å². The predicted octanol–water partition coefficient (Wildman–Crippen LogP) is 6.22. The van der Waals surface area contributed by atoms with Gasteiger partial charge < -0.3 is 0 Å². The summed E-state index contributed by atoms with van der Waals surface area (Å²) < 4.78 is 0. The largest absolute Gasteiger partial charge is 0.271 e. The van der Waals surface area contributed by atoms with Crippen molar-refractivity contribution in [1.29, 1.82) is 0 Å². The first kappa shape index (κ1) is 19.0. The molecule has 2 nitrogen and oxygen atoms in total. The third-order valence-corrected chi connectivity index (χ3v) is 5.48. The van der Waals surface area contributed by atoms with Crippen molar-refractivity contribution in [2.24, 2.45) is 5.84 Å². The normalized spacial score (nSPS) is 12.7. The minimum atomic E-state index is 0.214. The van der Waals surface area contributed by atoms with Gasteiger partial charge in [0.1, 0.15) is 0 Å². The summed E-state index contributed by atoms with van der Waals surface area (Å²) in [6.45, 7) is 2.27. The molecule has 4 heteroatoms. The van der Waals surface area contributed by atoms with Gasteiger partial charge in [-0.2, -0.15) is 0 Å². The van der Waals surface area contributed by atoms with Crippen LogP contribution in [0.1, 0.15) is 88.5 Å². The Kier molecular flexibility index (Phi) is 11.2. The molecule has 0 aromatic carbocycles. The summed E-state index contributed by atoms with van der Waals surface area (Å²) in [4.78, 5) is 1.18. The third-order valence-electron chi connectivity index (χ3n) is 4.01. The van der Waals surface area contributed by atoms with Crippen LogP contribution in [0.15, 0.2) is 11.4 Å². The van der Waals surface area contributed by atoms with Crippen molar-refractivity contribution in [2.45, 2.75) is 83.6 Å². The number of hydrogen-bond donors (Lipinski definition) is 2. The maximum Gasteiger partial charge on any atom is 0.0568 e. The number of nitrogens with one attached hydrogen (secondary N) is 1. The number of rotatable bonds is 13. The summed E-state index contributed by atoms with van der Waals surface area (Å²) in [7, 11) is 0. The van der Waals surface area contributed by atoms with Gasteiger partial charge in [0, 0.05) is 4.88 Å². The summed E-state index contributed by atoms with van der Waals surface area (Å²) in [6, 6.07) is 2.16. The molecule has 122 valence electrons. The highest BCUT2D eigenvalue weighted by molar-refractivity contribution is 7.10. The van der Waals surface area contributed by atoms with Gasteiger partial charge >= 0.3 is 0 Å². The van der Waals surface area contributed by atoms with E-state index in [0.717, 1.165) is 11.4 Å². The fourth-order valence-corrected chi connectivity index (χ4v) is 3.96. The van der Waals surface area contributed by atoms with Crippen LogP contribution in [0.5, 0.6) is 0 Å². The van der Waals surface area contributed by atoms with E-state index in [2.05, 4.69) is 12.3 Å². The summed E-state index contributed by atoms with van der Waals surface area (Å²) in [5.41, 5.74) is 2.90. The second-order valence-electron chi connectivity index (χ2n) is 5.82. The van der Waals surface area contributed by atoms with Gasteiger partial charge in [-0.15, -0.1) is 11.3 Å². The van der Waals surface area contributed by atoms with Gasteiger partial charge in [0.15, 0.2) is 0 Å². The molecule has 0 radical (unpaired) electrons. The zero-order valence-electron chi connectivity index (χ0n) is 13.4. The number of unbranched alkanes of at least 4 members (excludes halogenated alkanes) is 9. The minimum Gasteiger partial charge on any atom is -0.271 e. The Bertz CT molecular complexity index is 354. The zero-order valence-corrected chi connectivity index (χ0v) is 14.9. The Labute approximate surface area is 139 Å². The first-order chi connectivity index (χ1) is 10.3. The average Bonchev–Trinajstić information content (AvgIpc) is 2.91. The molecule has 1 atom stereocenters. The summed E-state index contributed by atoms with van der Waals surface area (Å²) in [5, 5.41) is 2.87. The molecule has 0 bridgehead atoms. The molecule has 21 heavy (non-hydrogen) atoms. The lowest BCUT2D eigenvalue weighted by atomic mass is 10.0. The SMILES string of the molecule is CCCCCCCCCCCCC(NN)c1sccc1Cl. The van der Waals surface area contributed by atoms with Crippen LogP contribution in [0.3, 0.4) is 0 Å². The maximum absolute atomic E-state index is 6.16. The molecular weight excluding hydrogens is 300 g/mol. The van der Waals surface area contributed by atoms with Crippen molar-refractivity contribution in [3.63, 3.8) is 0 Å². The number of hydrogen-bond acceptors (Lipinski definition) is 3. The second kappa shape index (κ2) is 12.5. The van der Waals surface area contributed by atoms with Crippen molar-refractivity contribution in [3.05, 3.63) is 21.3 Å². The Morgan fingerprint density at radius 3 is 2.10 bits per heavy atom. The van der Waals surface area contributed by atoms with E-state index in [9.17, 15) is 0 Å². The molecule has 0 saturated heterocycles. The summed E-state index contributed by atoms with van der Waals surface area (Å²) in [5.74, 6) is 5.65. The van der Waals surface area contributed by atoms with Gasteiger partial charge in [0.05, 0.1) is 11.1 Å². The van der Waals surface area contributed by atoms with Crippen LogP contribution < -0.4 is 11.3 Å². The van der Waals surface area contributed by atoms with Gasteiger partial charge in [0.2, 0.25) is 0 Å². The van der Waals surface area contributed by atoms with Crippen molar-refractivity contribution < 1.29 is 0 Å². The Morgan fingerprint density at radius 2 is 1.62 bits per heavy atom. The molecule has 1 aromatic heterocycles. The zero-order chi connectivity index (χ0) is 15.3. The van der Waals surface area contributed by atoms with Crippen molar-refractivity contribution >= 4 is 22.9 Å². The highest BCUT2D eigenvalue weighted by Crippen LogP contribution is 2.31. The monoisotopic (exact) mass is 330 g/mol. The van der Waals surface area contributed by atoms with E-state index in [1.165, 1.54) is 69.1 Å². The van der Waals surface area contributed by atoms with E-state index in [1.54, 1.807) is 11.3 Å². The fourth-order valence-electron chi connectivity index (χ4n) is 2.68. The van der Waals surface area contributed by atoms with Gasteiger partial charge in [-0.3, -0.25) is 11.3 Å². The molecule has 0 amide bonds. The lowest BCUT2D eigenvalue weighted by Crippen LogP contribution is -2.27. The highest BCUT2D eigenvalue weighted by Gasteiger charge is 2.13. The topological polar surface area (TPSA) is 38.0 Å². The minimum absolute atomic E-state index is 0.214. The Morgan fingerprint density at radius 1 is 1.05 bits per heavy atom. The molecule has 0 aliphatic rings. The molecule has 3 N–H and O–H groups in total. The average molecular weight is 331 g/mol. The third kappa shape index (κ3) is 8.20. The second-order valence-corrected chi connectivity index (χ2v) is 7.18. The maximum atomic E-state index is 6.16. The lowest BCUT2D eigenvalue weighted by Gasteiger charge is -2.14. The molecule has 0 aliphatic carbocycles. The van der Waals surface area contributed by atoms with E-state index >= 15 is 0 Å². The standard InChI is InChI=1S/C17H31ClN2S/c1-2-3-4-5-6-7-8-9-10-11-12-16(20-19)17-15(18)13-14-21-17/h13-14,16,20H,2-12,19H2,1H3. The van der Waals surface area contributed by atoms with Crippen LogP contribution in [-0.2, 0) is 0 Å². The molecule has 1 aromatic rings. The first-order valence-corrected chi connectivity index (χ1v) is 9.74. The van der Waals surface area contributed by atoms with Crippen LogP contribution >= 0.6 is 22.9 Å². The van der Waals surface area contributed by atoms with Crippen molar-refractivity contribution in [1.82, 2.24) is 5.43 Å². The quantitative estimate of drug-likeness (QED) is 0.256. The lowest BCUT2D eigenvalue weighted by molar-refractivity contribution is 0.479. The van der Waals surface area contributed by atoms with E-state index in [4.69, 9.17) is 17.4 Å².